The molecule has 0 fully saturated rings. The van der Waals surface area contributed by atoms with Crippen molar-refractivity contribution in [2.24, 2.45) is 0 Å². The summed E-state index contributed by atoms with van der Waals surface area (Å²) in [4.78, 5) is 11.2. The lowest BCUT2D eigenvalue weighted by atomic mass is 10.2. The first-order chi connectivity index (χ1) is 7.74. The lowest BCUT2D eigenvalue weighted by molar-refractivity contribution is -0.274. The van der Waals surface area contributed by atoms with Gasteiger partial charge in [0.05, 0.1) is 17.1 Å². The molecule has 17 heavy (non-hydrogen) atoms. The molecule has 0 atom stereocenters. The Labute approximate surface area is 103 Å². The van der Waals surface area contributed by atoms with E-state index in [2.05, 4.69) is 25.4 Å². The maximum Gasteiger partial charge on any atom is 0.573 e. The lowest BCUT2D eigenvalue weighted by Gasteiger charge is -2.12. The number of halogens is 4. The minimum Gasteiger partial charge on any atom is -0.465 e. The summed E-state index contributed by atoms with van der Waals surface area (Å²) in [5, 5.41) is 0. The smallest absolute Gasteiger partial charge is 0.465 e. The number of methoxy groups -OCH3 is 1. The van der Waals surface area contributed by atoms with E-state index in [4.69, 9.17) is 5.73 Å². The second-order valence-electron chi connectivity index (χ2n) is 2.91. The zero-order chi connectivity index (χ0) is 13.2. The maximum absolute atomic E-state index is 12.0. The zero-order valence-electron chi connectivity index (χ0n) is 8.47. The van der Waals surface area contributed by atoms with Gasteiger partial charge >= 0.3 is 12.3 Å². The highest BCUT2D eigenvalue weighted by atomic mass is 79.9. The van der Waals surface area contributed by atoms with Crippen molar-refractivity contribution < 1.29 is 27.4 Å². The molecular formula is C9H7BrF3NO3. The van der Waals surface area contributed by atoms with Crippen LogP contribution in [0.1, 0.15) is 10.4 Å². The normalized spacial score (nSPS) is 11.1. The number of ether oxygens (including phenoxy) is 2. The molecule has 0 saturated heterocycles. The van der Waals surface area contributed by atoms with Crippen molar-refractivity contribution >= 4 is 27.6 Å². The van der Waals surface area contributed by atoms with Gasteiger partial charge in [-0.1, -0.05) is 0 Å². The third-order valence-electron chi connectivity index (χ3n) is 1.74. The highest BCUT2D eigenvalue weighted by molar-refractivity contribution is 9.10. The number of nitrogen functional groups attached to an aromatic ring is 1. The summed E-state index contributed by atoms with van der Waals surface area (Å²) in [6, 6.07) is 1.99. The largest absolute Gasteiger partial charge is 0.573 e. The molecule has 0 radical (unpaired) electrons. The van der Waals surface area contributed by atoms with Gasteiger partial charge in [-0.25, -0.2) is 4.79 Å². The van der Waals surface area contributed by atoms with Crippen LogP contribution in [0.25, 0.3) is 0 Å². The number of nitrogens with two attached hydrogens (primary N) is 1. The second kappa shape index (κ2) is 4.82. The Morgan fingerprint density at radius 1 is 1.41 bits per heavy atom. The number of rotatable bonds is 2. The molecule has 0 aliphatic heterocycles. The Bertz CT molecular complexity index is 448. The molecule has 0 spiro atoms. The number of esters is 1. The van der Waals surface area contributed by atoms with Gasteiger partial charge in [0, 0.05) is 11.8 Å². The number of carbonyl (C=O) groups excluding carboxylic acids is 1. The third kappa shape index (κ3) is 3.52. The fraction of sp³-hybridized carbons (Fsp3) is 0.222. The summed E-state index contributed by atoms with van der Waals surface area (Å²) in [5.41, 5.74) is 5.20. The van der Waals surface area contributed by atoms with Crippen molar-refractivity contribution in [2.45, 2.75) is 6.36 Å². The van der Waals surface area contributed by atoms with Crippen molar-refractivity contribution in [3.05, 3.63) is 22.2 Å². The van der Waals surface area contributed by atoms with E-state index in [1.165, 1.54) is 0 Å². The van der Waals surface area contributed by atoms with Crippen molar-refractivity contribution in [1.29, 1.82) is 0 Å². The number of carbonyl (C=O) groups is 1. The van der Waals surface area contributed by atoms with E-state index >= 15 is 0 Å². The molecule has 0 saturated carbocycles. The molecule has 94 valence electrons. The van der Waals surface area contributed by atoms with Gasteiger partial charge in [-0.3, -0.25) is 0 Å². The zero-order valence-corrected chi connectivity index (χ0v) is 10.1. The lowest BCUT2D eigenvalue weighted by Crippen LogP contribution is -2.18. The molecule has 0 bridgehead atoms. The number of hydrogen-bond acceptors (Lipinski definition) is 4. The van der Waals surface area contributed by atoms with Gasteiger partial charge < -0.3 is 15.2 Å². The minimum absolute atomic E-state index is 0.0473. The molecule has 8 heteroatoms. The van der Waals surface area contributed by atoms with Gasteiger partial charge in [-0.15, -0.1) is 13.2 Å². The van der Waals surface area contributed by atoms with E-state index in [0.29, 0.717) is 0 Å². The molecule has 0 aliphatic rings. The van der Waals surface area contributed by atoms with E-state index in [-0.39, 0.29) is 15.7 Å². The molecular weight excluding hydrogens is 307 g/mol. The molecule has 0 heterocycles. The van der Waals surface area contributed by atoms with Crippen molar-refractivity contribution in [1.82, 2.24) is 0 Å². The number of alkyl halides is 3. The van der Waals surface area contributed by atoms with Crippen LogP contribution >= 0.6 is 15.9 Å². The van der Waals surface area contributed by atoms with Crippen molar-refractivity contribution in [3.63, 3.8) is 0 Å². The van der Waals surface area contributed by atoms with Crippen LogP contribution in [-0.4, -0.2) is 19.4 Å². The van der Waals surface area contributed by atoms with Gasteiger partial charge in [0.15, 0.2) is 0 Å². The average molecular weight is 314 g/mol. The molecule has 1 aromatic carbocycles. The second-order valence-corrected chi connectivity index (χ2v) is 3.76. The monoisotopic (exact) mass is 313 g/mol. The van der Waals surface area contributed by atoms with Gasteiger partial charge in [-0.05, 0) is 22.0 Å². The van der Waals surface area contributed by atoms with Crippen molar-refractivity contribution in [2.75, 3.05) is 12.8 Å². The first-order valence-electron chi connectivity index (χ1n) is 4.17. The Balaban J connectivity index is 3.14. The van der Waals surface area contributed by atoms with Crippen LogP contribution in [0.3, 0.4) is 0 Å². The Morgan fingerprint density at radius 3 is 2.47 bits per heavy atom. The minimum atomic E-state index is -4.83. The van der Waals surface area contributed by atoms with E-state index in [1.54, 1.807) is 0 Å². The van der Waals surface area contributed by atoms with Gasteiger partial charge in [-0.2, -0.15) is 0 Å². The molecule has 0 unspecified atom stereocenters. The topological polar surface area (TPSA) is 61.5 Å². The molecule has 2 N–H and O–H groups in total. The van der Waals surface area contributed by atoms with Gasteiger partial charge in [0.2, 0.25) is 0 Å². The summed E-state index contributed by atoms with van der Waals surface area (Å²) in [6.45, 7) is 0. The van der Waals surface area contributed by atoms with E-state index in [9.17, 15) is 18.0 Å². The van der Waals surface area contributed by atoms with Crippen LogP contribution in [0.5, 0.6) is 5.75 Å². The van der Waals surface area contributed by atoms with Crippen LogP contribution in [0.2, 0.25) is 0 Å². The van der Waals surface area contributed by atoms with Crippen LogP contribution in [-0.2, 0) is 4.74 Å². The van der Waals surface area contributed by atoms with Crippen LogP contribution in [0.15, 0.2) is 16.6 Å². The Hall–Kier alpha value is -1.44. The van der Waals surface area contributed by atoms with Gasteiger partial charge in [0.1, 0.15) is 5.75 Å². The molecule has 0 aliphatic carbocycles. The fourth-order valence-corrected chi connectivity index (χ4v) is 1.48. The third-order valence-corrected chi connectivity index (χ3v) is 2.35. The SMILES string of the molecule is COC(=O)c1cc(Br)c(OC(F)(F)F)cc1N. The summed E-state index contributed by atoms with van der Waals surface area (Å²) in [5.74, 6) is -1.27. The molecule has 0 amide bonds. The number of anilines is 1. The average Bonchev–Trinajstić information content (AvgIpc) is 2.20. The van der Waals surface area contributed by atoms with E-state index < -0.39 is 18.1 Å². The highest BCUT2D eigenvalue weighted by Gasteiger charge is 2.32. The maximum atomic E-state index is 12.0. The quantitative estimate of drug-likeness (QED) is 0.673. The van der Waals surface area contributed by atoms with E-state index in [1.807, 2.05) is 0 Å². The predicted octanol–water partition coefficient (Wildman–Crippen LogP) is 2.72. The predicted molar refractivity (Wildman–Crippen MR) is 56.6 cm³/mol. The Morgan fingerprint density at radius 2 is 2.00 bits per heavy atom. The summed E-state index contributed by atoms with van der Waals surface area (Å²) in [7, 11) is 1.13. The van der Waals surface area contributed by atoms with Gasteiger partial charge in [0.25, 0.3) is 0 Å². The molecule has 0 aromatic heterocycles. The molecule has 1 aromatic rings. The summed E-state index contributed by atoms with van der Waals surface area (Å²) in [6.07, 6.45) is -4.83. The molecule has 4 nitrogen and oxygen atoms in total. The summed E-state index contributed by atoms with van der Waals surface area (Å²) >= 11 is 2.84. The van der Waals surface area contributed by atoms with Crippen LogP contribution in [0, 0.1) is 0 Å². The first kappa shape index (κ1) is 13.6. The standard InChI is InChI=1S/C9H7BrF3NO3/c1-16-8(15)4-2-5(10)7(3-6(4)14)17-9(11,12)13/h2-3H,14H2,1H3. The number of hydrogen-bond donors (Lipinski definition) is 1. The number of benzene rings is 1. The van der Waals surface area contributed by atoms with Crippen LogP contribution < -0.4 is 10.5 Å². The fourth-order valence-electron chi connectivity index (χ4n) is 1.06. The van der Waals surface area contributed by atoms with Crippen LogP contribution in [0.4, 0.5) is 18.9 Å². The molecule has 1 rings (SSSR count). The van der Waals surface area contributed by atoms with Crippen molar-refractivity contribution in [3.8, 4) is 5.75 Å². The highest BCUT2D eigenvalue weighted by Crippen LogP contribution is 2.34. The first-order valence-corrected chi connectivity index (χ1v) is 4.97. The van der Waals surface area contributed by atoms with E-state index in [0.717, 1.165) is 19.2 Å². The summed E-state index contributed by atoms with van der Waals surface area (Å²) < 4.78 is 44.1. The Kier molecular flexibility index (Phi) is 3.87.